The average molecular weight is 261 g/mol. The van der Waals surface area contributed by atoms with E-state index in [2.05, 4.69) is 22.4 Å². The standard InChI is InChI=1S/C14H19N3O2/c1-10-3-4-12(19-10)13-11(6-16-17-13)5-15-7-14(2)8-18-9-14/h3-4,6,15H,5,7-9H2,1-2H3,(H,16,17). The third kappa shape index (κ3) is 2.57. The number of furan rings is 1. The number of hydrogen-bond donors (Lipinski definition) is 2. The first-order valence-corrected chi connectivity index (χ1v) is 6.54. The van der Waals surface area contributed by atoms with E-state index in [-0.39, 0.29) is 5.41 Å². The predicted molar refractivity (Wildman–Crippen MR) is 71.7 cm³/mol. The second-order valence-electron chi connectivity index (χ2n) is 5.59. The number of aromatic amines is 1. The maximum Gasteiger partial charge on any atom is 0.152 e. The monoisotopic (exact) mass is 261 g/mol. The smallest absolute Gasteiger partial charge is 0.152 e. The van der Waals surface area contributed by atoms with E-state index >= 15 is 0 Å². The van der Waals surface area contributed by atoms with Gasteiger partial charge in [0.05, 0.1) is 19.4 Å². The van der Waals surface area contributed by atoms with Crippen LogP contribution < -0.4 is 5.32 Å². The molecule has 3 rings (SSSR count). The van der Waals surface area contributed by atoms with Gasteiger partial charge in [-0.25, -0.2) is 0 Å². The van der Waals surface area contributed by atoms with Crippen LogP contribution in [0.3, 0.4) is 0 Å². The van der Waals surface area contributed by atoms with E-state index < -0.39 is 0 Å². The molecule has 3 heterocycles. The van der Waals surface area contributed by atoms with Gasteiger partial charge in [-0.15, -0.1) is 0 Å². The number of nitrogens with zero attached hydrogens (tertiary/aromatic N) is 1. The van der Waals surface area contributed by atoms with Gasteiger partial charge in [-0.05, 0) is 19.1 Å². The van der Waals surface area contributed by atoms with Crippen molar-refractivity contribution in [2.75, 3.05) is 19.8 Å². The molecule has 1 aliphatic heterocycles. The van der Waals surface area contributed by atoms with Crippen molar-refractivity contribution >= 4 is 0 Å². The minimum atomic E-state index is 0.283. The Bertz CT molecular complexity index is 555. The highest BCUT2D eigenvalue weighted by atomic mass is 16.5. The molecule has 2 N–H and O–H groups in total. The molecule has 0 spiro atoms. The maximum atomic E-state index is 5.63. The minimum Gasteiger partial charge on any atom is -0.460 e. The SMILES string of the molecule is Cc1ccc(-c2[nH]ncc2CNCC2(C)COC2)o1. The summed E-state index contributed by atoms with van der Waals surface area (Å²) < 4.78 is 10.9. The topological polar surface area (TPSA) is 63.1 Å². The van der Waals surface area contributed by atoms with E-state index in [1.54, 1.807) is 0 Å². The Labute approximate surface area is 112 Å². The van der Waals surface area contributed by atoms with E-state index in [0.29, 0.717) is 0 Å². The fraction of sp³-hybridized carbons (Fsp3) is 0.500. The molecule has 0 amide bonds. The van der Waals surface area contributed by atoms with Crippen LogP contribution in [0.1, 0.15) is 18.2 Å². The molecule has 0 saturated carbocycles. The second-order valence-corrected chi connectivity index (χ2v) is 5.59. The highest BCUT2D eigenvalue weighted by molar-refractivity contribution is 5.56. The largest absolute Gasteiger partial charge is 0.460 e. The highest BCUT2D eigenvalue weighted by Gasteiger charge is 2.32. The fourth-order valence-corrected chi connectivity index (χ4v) is 2.28. The number of rotatable bonds is 5. The average Bonchev–Trinajstić information content (AvgIpc) is 2.95. The molecule has 2 aromatic rings. The van der Waals surface area contributed by atoms with Crippen LogP contribution in [-0.4, -0.2) is 30.0 Å². The highest BCUT2D eigenvalue weighted by Crippen LogP contribution is 2.26. The predicted octanol–water partition coefficient (Wildman–Crippen LogP) is 2.10. The van der Waals surface area contributed by atoms with Crippen molar-refractivity contribution in [3.8, 4) is 11.5 Å². The molecular weight excluding hydrogens is 242 g/mol. The molecule has 0 unspecified atom stereocenters. The van der Waals surface area contributed by atoms with Crippen LogP contribution in [0.25, 0.3) is 11.5 Å². The van der Waals surface area contributed by atoms with Crippen molar-refractivity contribution in [3.63, 3.8) is 0 Å². The lowest BCUT2D eigenvalue weighted by Gasteiger charge is -2.38. The van der Waals surface area contributed by atoms with Gasteiger partial charge in [0.1, 0.15) is 11.5 Å². The molecule has 1 saturated heterocycles. The molecule has 0 aliphatic carbocycles. The third-order valence-corrected chi connectivity index (χ3v) is 3.47. The zero-order valence-corrected chi connectivity index (χ0v) is 11.3. The molecule has 5 heteroatoms. The summed E-state index contributed by atoms with van der Waals surface area (Å²) in [7, 11) is 0. The summed E-state index contributed by atoms with van der Waals surface area (Å²) in [5, 5.41) is 10.6. The molecule has 0 aromatic carbocycles. The van der Waals surface area contributed by atoms with Crippen molar-refractivity contribution in [1.82, 2.24) is 15.5 Å². The summed E-state index contributed by atoms with van der Waals surface area (Å²) in [5.74, 6) is 1.74. The normalized spacial score (nSPS) is 17.4. The van der Waals surface area contributed by atoms with Crippen molar-refractivity contribution in [2.45, 2.75) is 20.4 Å². The number of H-pyrrole nitrogens is 1. The first-order valence-electron chi connectivity index (χ1n) is 6.54. The molecule has 2 aromatic heterocycles. The lowest BCUT2D eigenvalue weighted by atomic mass is 9.89. The summed E-state index contributed by atoms with van der Waals surface area (Å²) in [4.78, 5) is 0. The molecular formula is C14H19N3O2. The summed E-state index contributed by atoms with van der Waals surface area (Å²) in [6, 6.07) is 3.92. The van der Waals surface area contributed by atoms with Crippen LogP contribution in [0.15, 0.2) is 22.7 Å². The van der Waals surface area contributed by atoms with Gasteiger partial charge in [0.2, 0.25) is 0 Å². The summed E-state index contributed by atoms with van der Waals surface area (Å²) >= 11 is 0. The van der Waals surface area contributed by atoms with Gasteiger partial charge in [0.25, 0.3) is 0 Å². The minimum absolute atomic E-state index is 0.283. The molecule has 0 bridgehead atoms. The first-order chi connectivity index (χ1) is 9.16. The van der Waals surface area contributed by atoms with Gasteiger partial charge in [0, 0.05) is 24.1 Å². The van der Waals surface area contributed by atoms with Crippen LogP contribution in [0.4, 0.5) is 0 Å². The molecule has 1 fully saturated rings. The summed E-state index contributed by atoms with van der Waals surface area (Å²) in [6.45, 7) is 7.59. The Balaban J connectivity index is 1.64. The van der Waals surface area contributed by atoms with Gasteiger partial charge >= 0.3 is 0 Å². The van der Waals surface area contributed by atoms with Crippen molar-refractivity contribution in [1.29, 1.82) is 0 Å². The van der Waals surface area contributed by atoms with Gasteiger partial charge in [-0.1, -0.05) is 6.92 Å². The molecule has 0 radical (unpaired) electrons. The van der Waals surface area contributed by atoms with E-state index in [9.17, 15) is 0 Å². The Morgan fingerprint density at radius 3 is 2.89 bits per heavy atom. The number of nitrogens with one attached hydrogen (secondary N) is 2. The van der Waals surface area contributed by atoms with Gasteiger partial charge in [-0.3, -0.25) is 5.10 Å². The van der Waals surface area contributed by atoms with E-state index in [4.69, 9.17) is 9.15 Å². The van der Waals surface area contributed by atoms with Crippen LogP contribution in [0.5, 0.6) is 0 Å². The number of ether oxygens (including phenoxy) is 1. The Morgan fingerprint density at radius 2 is 2.26 bits per heavy atom. The zero-order chi connectivity index (χ0) is 13.3. The Morgan fingerprint density at radius 1 is 1.42 bits per heavy atom. The quantitative estimate of drug-likeness (QED) is 0.865. The van der Waals surface area contributed by atoms with Crippen LogP contribution >= 0.6 is 0 Å². The Kier molecular flexibility index (Phi) is 3.16. The van der Waals surface area contributed by atoms with E-state index in [0.717, 1.165) is 49.1 Å². The van der Waals surface area contributed by atoms with Crippen molar-refractivity contribution in [3.05, 3.63) is 29.7 Å². The van der Waals surface area contributed by atoms with E-state index in [1.165, 1.54) is 0 Å². The van der Waals surface area contributed by atoms with Gasteiger partial charge in [0.15, 0.2) is 5.76 Å². The number of aryl methyl sites for hydroxylation is 1. The molecule has 0 atom stereocenters. The van der Waals surface area contributed by atoms with Gasteiger partial charge < -0.3 is 14.5 Å². The number of aromatic nitrogens is 2. The molecule has 1 aliphatic rings. The van der Waals surface area contributed by atoms with Gasteiger partial charge in [-0.2, -0.15) is 5.10 Å². The number of hydrogen-bond acceptors (Lipinski definition) is 4. The third-order valence-electron chi connectivity index (χ3n) is 3.47. The first kappa shape index (κ1) is 12.4. The van der Waals surface area contributed by atoms with Crippen molar-refractivity contribution in [2.24, 2.45) is 5.41 Å². The molecule has 5 nitrogen and oxygen atoms in total. The van der Waals surface area contributed by atoms with Crippen LogP contribution in [0, 0.1) is 12.3 Å². The fourth-order valence-electron chi connectivity index (χ4n) is 2.28. The molecule has 19 heavy (non-hydrogen) atoms. The lowest BCUT2D eigenvalue weighted by molar-refractivity contribution is -0.0991. The summed E-state index contributed by atoms with van der Waals surface area (Å²) in [6.07, 6.45) is 1.85. The van der Waals surface area contributed by atoms with Crippen LogP contribution in [0.2, 0.25) is 0 Å². The van der Waals surface area contributed by atoms with Crippen molar-refractivity contribution < 1.29 is 9.15 Å². The summed E-state index contributed by atoms with van der Waals surface area (Å²) in [5.41, 5.74) is 2.36. The van der Waals surface area contributed by atoms with E-state index in [1.807, 2.05) is 25.3 Å². The second kappa shape index (κ2) is 4.83. The zero-order valence-electron chi connectivity index (χ0n) is 11.3. The Hall–Kier alpha value is -1.59. The van der Waals surface area contributed by atoms with Crippen LogP contribution in [-0.2, 0) is 11.3 Å². The maximum absolute atomic E-state index is 5.63. The lowest BCUT2D eigenvalue weighted by Crippen LogP contribution is -2.47. The molecule has 102 valence electrons.